The van der Waals surface area contributed by atoms with Gasteiger partial charge in [0, 0.05) is 10.6 Å². The summed E-state index contributed by atoms with van der Waals surface area (Å²) in [5.41, 5.74) is 28.9. The topological polar surface area (TPSA) is 0 Å². The van der Waals surface area contributed by atoms with Gasteiger partial charge >= 0.3 is 0 Å². The third kappa shape index (κ3) is 12.4. The van der Waals surface area contributed by atoms with Crippen molar-refractivity contribution in [3.05, 3.63) is 152 Å². The fraction of sp³-hybridized carbons (Fsp3) is 0.500. The lowest BCUT2D eigenvalue weighted by Crippen LogP contribution is -2.13. The second-order valence-corrected chi connectivity index (χ2v) is 28.3. The highest BCUT2D eigenvalue weighted by Crippen LogP contribution is 2.48. The van der Waals surface area contributed by atoms with E-state index in [9.17, 15) is 0 Å². The molecule has 0 aliphatic heterocycles. The van der Waals surface area contributed by atoms with Crippen molar-refractivity contribution in [2.45, 2.75) is 237 Å². The maximum absolute atomic E-state index is 2.56. The van der Waals surface area contributed by atoms with Crippen molar-refractivity contribution in [1.82, 2.24) is 0 Å². The Morgan fingerprint density at radius 1 is 0.216 bits per heavy atom. The molecule has 0 aromatic heterocycles. The zero-order valence-corrected chi connectivity index (χ0v) is 52.7. The van der Waals surface area contributed by atoms with Crippen molar-refractivity contribution < 1.29 is 0 Å². The Balaban J connectivity index is 1.94. The molecule has 74 heavy (non-hydrogen) atoms. The Labute approximate surface area is 457 Å². The summed E-state index contributed by atoms with van der Waals surface area (Å²) in [6, 6.07) is 35.3. The maximum Gasteiger partial charge on any atom is 0.0221 e. The van der Waals surface area contributed by atoms with E-state index >= 15 is 0 Å². The molecule has 0 saturated carbocycles. The first-order valence-corrected chi connectivity index (χ1v) is 31.6. The number of benzene rings is 6. The highest BCUT2D eigenvalue weighted by atomic mass is 31.7. The van der Waals surface area contributed by atoms with Gasteiger partial charge in [0.2, 0.25) is 0 Å². The highest BCUT2D eigenvalue weighted by Gasteiger charge is 2.29. The predicted octanol–water partition coefficient (Wildman–Crippen LogP) is 23.6. The van der Waals surface area contributed by atoms with Gasteiger partial charge in [0.25, 0.3) is 0 Å². The first kappa shape index (κ1) is 59.2. The quantitative estimate of drug-likeness (QED) is 0.0753. The van der Waals surface area contributed by atoms with Crippen LogP contribution in [-0.2, 0) is 0 Å². The molecule has 0 unspecified atom stereocenters. The molecule has 0 aliphatic carbocycles. The molecule has 0 heterocycles. The summed E-state index contributed by atoms with van der Waals surface area (Å²) in [4.78, 5) is 0. The summed E-state index contributed by atoms with van der Waals surface area (Å²) in [7, 11) is 2.56. The molecule has 2 heteroatoms. The minimum Gasteiger partial charge on any atom is -0.0610 e. The molecule has 0 bridgehead atoms. The molecular weight excluding hydrogens is 927 g/mol. The van der Waals surface area contributed by atoms with E-state index in [0.717, 1.165) is 0 Å². The second-order valence-electron chi connectivity index (χ2n) is 25.8. The van der Waals surface area contributed by atoms with Crippen LogP contribution in [-0.4, -0.2) is 0 Å². The van der Waals surface area contributed by atoms with E-state index in [2.05, 4.69) is 251 Å². The van der Waals surface area contributed by atoms with Crippen molar-refractivity contribution in [2.24, 2.45) is 0 Å². The summed E-state index contributed by atoms with van der Waals surface area (Å²) in [6.45, 7) is 57.6. The van der Waals surface area contributed by atoms with Crippen LogP contribution < -0.4 is 10.6 Å². The fourth-order valence-corrected chi connectivity index (χ4v) is 14.5. The standard InChI is InChI=1S/C72H98P2/c1-39(2)51-31-59(43(9)10)67(60(32-51)44(11)12)55-27-25-28-56(68-61(45(13)14)33-52(40(3)4)34-62(68)46(15)16)71(55)73-74-72-57(69-63(47(17)18)35-53(41(5)6)36-64(69)48(19)20)29-26-30-58(72)70-65(49(21)22)37-54(42(7)8)38-66(70)50(23)24/h25-50H,1-24H3. The first-order chi connectivity index (χ1) is 34.7. The molecule has 0 aliphatic rings. The maximum atomic E-state index is 2.56. The van der Waals surface area contributed by atoms with Crippen molar-refractivity contribution in [2.75, 3.05) is 0 Å². The van der Waals surface area contributed by atoms with Gasteiger partial charge < -0.3 is 0 Å². The van der Waals surface area contributed by atoms with Crippen LogP contribution in [0.5, 0.6) is 0 Å². The molecule has 6 rings (SSSR count). The minimum atomic E-state index is 0.359. The van der Waals surface area contributed by atoms with E-state index < -0.39 is 0 Å². The lowest BCUT2D eigenvalue weighted by Gasteiger charge is -2.28. The number of hydrogen-bond donors (Lipinski definition) is 0. The summed E-state index contributed by atoms with van der Waals surface area (Å²) < 4.78 is 0. The van der Waals surface area contributed by atoms with Gasteiger partial charge in [0.05, 0.1) is 0 Å². The van der Waals surface area contributed by atoms with Gasteiger partial charge in [-0.1, -0.05) is 251 Å². The average Bonchev–Trinajstić information content (AvgIpc) is 3.33. The number of rotatable bonds is 18. The molecule has 6 aromatic rings. The lowest BCUT2D eigenvalue weighted by molar-refractivity contribution is 0.807. The molecule has 0 nitrogen and oxygen atoms in total. The summed E-state index contributed by atoms with van der Waals surface area (Å²) in [5, 5.41) is 2.90. The average molecular weight is 1030 g/mol. The van der Waals surface area contributed by atoms with Crippen molar-refractivity contribution >= 4 is 26.3 Å². The van der Waals surface area contributed by atoms with Crippen LogP contribution in [0.25, 0.3) is 44.5 Å². The molecule has 0 amide bonds. The van der Waals surface area contributed by atoms with Crippen molar-refractivity contribution in [3.63, 3.8) is 0 Å². The normalized spacial score (nSPS) is 12.6. The van der Waals surface area contributed by atoms with Crippen LogP contribution >= 0.6 is 15.7 Å². The van der Waals surface area contributed by atoms with E-state index in [1.165, 1.54) is 138 Å². The molecule has 6 aromatic carbocycles. The van der Waals surface area contributed by atoms with Crippen LogP contribution in [0.4, 0.5) is 0 Å². The van der Waals surface area contributed by atoms with Crippen LogP contribution in [0.3, 0.4) is 0 Å². The van der Waals surface area contributed by atoms with E-state index in [1.54, 1.807) is 0 Å². The predicted molar refractivity (Wildman–Crippen MR) is 337 cm³/mol. The minimum absolute atomic E-state index is 0.359. The largest absolute Gasteiger partial charge is 0.0610 e. The molecule has 0 atom stereocenters. The molecule has 0 spiro atoms. The first-order valence-electron chi connectivity index (χ1n) is 29.1. The SMILES string of the molecule is CC(C)c1cc(C(C)C)c(-c2cccc(-c3c(C(C)C)cc(C(C)C)cc3C(C)C)c2P=Pc2c(-c3c(C(C)C)cc(C(C)C)cc3C(C)C)cccc2-c2c(C(C)C)cc(C(C)C)cc2C(C)C)c(C(C)C)c1. The Bertz CT molecular complexity index is 2450. The summed E-state index contributed by atoms with van der Waals surface area (Å²) in [6.07, 6.45) is 0. The third-order valence-corrected chi connectivity index (χ3v) is 18.9. The van der Waals surface area contributed by atoms with Gasteiger partial charge in [0.15, 0.2) is 0 Å². The molecular formula is C72H98P2. The van der Waals surface area contributed by atoms with Gasteiger partial charge in [-0.25, -0.2) is 0 Å². The molecule has 0 radical (unpaired) electrons. The Morgan fingerprint density at radius 3 is 0.486 bits per heavy atom. The lowest BCUT2D eigenvalue weighted by atomic mass is 9.79. The zero-order valence-electron chi connectivity index (χ0n) is 50.9. The molecule has 0 N–H and O–H groups in total. The highest BCUT2D eigenvalue weighted by molar-refractivity contribution is 7.91. The van der Waals surface area contributed by atoms with E-state index in [1.807, 2.05) is 0 Å². The van der Waals surface area contributed by atoms with Crippen LogP contribution in [0.2, 0.25) is 0 Å². The van der Waals surface area contributed by atoms with Crippen molar-refractivity contribution in [3.8, 4) is 44.5 Å². The van der Waals surface area contributed by atoms with Gasteiger partial charge in [-0.2, -0.15) is 0 Å². The van der Waals surface area contributed by atoms with E-state index in [-0.39, 0.29) is 0 Å². The summed E-state index contributed by atoms with van der Waals surface area (Å²) in [5.74, 6) is 4.65. The zero-order chi connectivity index (χ0) is 54.9. The Morgan fingerprint density at radius 2 is 0.365 bits per heavy atom. The smallest absolute Gasteiger partial charge is 0.0221 e. The van der Waals surface area contributed by atoms with E-state index in [4.69, 9.17) is 0 Å². The van der Waals surface area contributed by atoms with E-state index in [0.29, 0.717) is 71.0 Å². The van der Waals surface area contributed by atoms with Crippen LogP contribution in [0.15, 0.2) is 84.9 Å². The summed E-state index contributed by atoms with van der Waals surface area (Å²) >= 11 is 0. The Kier molecular flexibility index (Phi) is 19.6. The Hall–Kier alpha value is -4.08. The fourth-order valence-electron chi connectivity index (χ4n) is 11.3. The number of hydrogen-bond acceptors (Lipinski definition) is 0. The van der Waals surface area contributed by atoms with Crippen molar-refractivity contribution in [1.29, 1.82) is 0 Å². The molecule has 0 fully saturated rings. The van der Waals surface area contributed by atoms with Crippen LogP contribution in [0.1, 0.15) is 304 Å². The van der Waals surface area contributed by atoms with Gasteiger partial charge in [-0.05, 0) is 198 Å². The van der Waals surface area contributed by atoms with Crippen LogP contribution in [0, 0.1) is 0 Å². The second kappa shape index (κ2) is 24.5. The van der Waals surface area contributed by atoms with Gasteiger partial charge in [0.1, 0.15) is 0 Å². The third-order valence-electron chi connectivity index (χ3n) is 15.9. The van der Waals surface area contributed by atoms with Gasteiger partial charge in [-0.15, -0.1) is 0 Å². The monoisotopic (exact) mass is 1020 g/mol. The molecule has 396 valence electrons. The molecule has 0 saturated heterocycles. The van der Waals surface area contributed by atoms with Gasteiger partial charge in [-0.3, -0.25) is 0 Å².